The number of aromatic nitrogens is 1. The molecule has 33 heavy (non-hydrogen) atoms. The summed E-state index contributed by atoms with van der Waals surface area (Å²) in [5, 5.41) is 14.1. The van der Waals surface area contributed by atoms with E-state index in [1.807, 2.05) is 0 Å². The van der Waals surface area contributed by atoms with E-state index in [4.69, 9.17) is 9.47 Å². The molecule has 3 heterocycles. The molecular weight excluding hydrogens is 412 g/mol. The van der Waals surface area contributed by atoms with E-state index in [1.165, 1.54) is 40.5 Å². The van der Waals surface area contributed by atoms with Crippen molar-refractivity contribution in [3.63, 3.8) is 0 Å². The van der Waals surface area contributed by atoms with E-state index >= 15 is 0 Å². The topological polar surface area (TPSA) is 57.7 Å². The predicted octanol–water partition coefficient (Wildman–Crippen LogP) is 4.18. The number of H-pyrrole nitrogens is 1. The van der Waals surface area contributed by atoms with Crippen molar-refractivity contribution in [1.82, 2.24) is 9.88 Å². The summed E-state index contributed by atoms with van der Waals surface area (Å²) in [5.74, 6) is 2.45. The number of ether oxygens (including phenoxy) is 2. The Morgan fingerprint density at radius 3 is 2.94 bits per heavy atom. The van der Waals surface area contributed by atoms with Crippen molar-refractivity contribution in [3.05, 3.63) is 58.3 Å². The van der Waals surface area contributed by atoms with E-state index in [0.29, 0.717) is 6.42 Å². The van der Waals surface area contributed by atoms with Crippen LogP contribution in [0.5, 0.6) is 11.5 Å². The summed E-state index contributed by atoms with van der Waals surface area (Å²) in [6.45, 7) is 4.27. The lowest BCUT2D eigenvalue weighted by Gasteiger charge is -2.62. The van der Waals surface area contributed by atoms with Gasteiger partial charge in [-0.25, -0.2) is 0 Å². The molecule has 1 aromatic heterocycles. The molecule has 5 heteroatoms. The first-order valence-electron chi connectivity index (χ1n) is 12.5. The zero-order chi connectivity index (χ0) is 22.1. The number of hydrogen-bond donors (Lipinski definition) is 2. The van der Waals surface area contributed by atoms with E-state index in [0.717, 1.165) is 54.6 Å². The average Bonchev–Trinajstić information content (AvgIpc) is 3.44. The molecule has 4 unspecified atom stereocenters. The molecule has 8 rings (SSSR count). The molecule has 0 radical (unpaired) electrons. The van der Waals surface area contributed by atoms with Crippen molar-refractivity contribution in [2.75, 3.05) is 20.2 Å². The summed E-state index contributed by atoms with van der Waals surface area (Å²) in [7, 11) is 1.72. The van der Waals surface area contributed by atoms with E-state index < -0.39 is 11.0 Å². The van der Waals surface area contributed by atoms with Gasteiger partial charge in [-0.3, -0.25) is 4.90 Å². The Hall–Kier alpha value is -2.50. The van der Waals surface area contributed by atoms with E-state index in [9.17, 15) is 5.11 Å². The summed E-state index contributed by atoms with van der Waals surface area (Å²) in [6, 6.07) is 11.0. The van der Waals surface area contributed by atoms with Gasteiger partial charge in [-0.1, -0.05) is 18.2 Å². The lowest BCUT2D eigenvalue weighted by Crippen LogP contribution is -2.74. The smallest absolute Gasteiger partial charge is 0.166 e. The first-order valence-corrected chi connectivity index (χ1v) is 12.5. The molecule has 1 spiro atoms. The van der Waals surface area contributed by atoms with Gasteiger partial charge in [-0.15, -0.1) is 0 Å². The zero-order valence-electron chi connectivity index (χ0n) is 19.3. The third-order valence-corrected chi connectivity index (χ3v) is 9.52. The SMILES string of the molecule is COc1ccc2c3c1OC1c4[nH]c5cc(C)ccc5c4CC4(O)C(C2)N(CC2CC2)CCC314. The molecule has 4 atom stereocenters. The van der Waals surface area contributed by atoms with E-state index in [1.54, 1.807) is 7.11 Å². The second-order valence-electron chi connectivity index (χ2n) is 11.2. The Kier molecular flexibility index (Phi) is 3.40. The Morgan fingerprint density at radius 2 is 2.12 bits per heavy atom. The monoisotopic (exact) mass is 442 g/mol. The minimum atomic E-state index is -0.859. The van der Waals surface area contributed by atoms with Crippen LogP contribution in [0.2, 0.25) is 0 Å². The molecule has 2 aliphatic heterocycles. The maximum atomic E-state index is 12.9. The number of fused-ring (bicyclic) bond motifs is 4. The molecule has 2 fully saturated rings. The fourth-order valence-electron chi connectivity index (χ4n) is 7.89. The number of aryl methyl sites for hydroxylation is 1. The first kappa shape index (κ1) is 18.9. The molecule has 5 nitrogen and oxygen atoms in total. The van der Waals surface area contributed by atoms with Crippen LogP contribution in [0, 0.1) is 12.8 Å². The number of benzene rings is 2. The van der Waals surface area contributed by atoms with Gasteiger partial charge in [0.1, 0.15) is 0 Å². The fourth-order valence-corrected chi connectivity index (χ4v) is 7.89. The number of likely N-dealkylation sites (tertiary alicyclic amines) is 1. The van der Waals surface area contributed by atoms with Gasteiger partial charge >= 0.3 is 0 Å². The van der Waals surface area contributed by atoms with Gasteiger partial charge < -0.3 is 19.6 Å². The van der Waals surface area contributed by atoms with Crippen LogP contribution in [0.15, 0.2) is 30.3 Å². The minimum Gasteiger partial charge on any atom is -0.493 e. The molecular formula is C28H30N2O3. The second-order valence-corrected chi connectivity index (χ2v) is 11.2. The Balaban J connectivity index is 1.41. The number of aliphatic hydroxyl groups is 1. The Bertz CT molecular complexity index is 1340. The third-order valence-electron chi connectivity index (χ3n) is 9.52. The highest BCUT2D eigenvalue weighted by Gasteiger charge is 2.72. The molecule has 0 amide bonds. The number of methoxy groups -OCH3 is 1. The third kappa shape index (κ3) is 2.12. The fraction of sp³-hybridized carbons (Fsp3) is 0.500. The molecule has 1 saturated carbocycles. The molecule has 5 aliphatic rings. The van der Waals surface area contributed by atoms with Crippen LogP contribution < -0.4 is 9.47 Å². The Labute approximate surface area is 193 Å². The van der Waals surface area contributed by atoms with Crippen molar-refractivity contribution in [1.29, 1.82) is 0 Å². The molecule has 2 N–H and O–H groups in total. The largest absolute Gasteiger partial charge is 0.493 e. The standard InChI is InChI=1S/C28H30N2O3/c1-15-3-7-18-19-13-28(31)22-12-17-6-8-21(32-2)25-23(17)27(28,9-10-30(22)14-16-4-5-16)26(33-25)24(19)29-20(18)11-15/h3,6-8,11,16,22,26,29,31H,4-5,9-10,12-14H2,1-2H3. The van der Waals surface area contributed by atoms with Crippen LogP contribution in [0.1, 0.15) is 53.3 Å². The Morgan fingerprint density at radius 1 is 1.24 bits per heavy atom. The van der Waals surface area contributed by atoms with Crippen LogP contribution in [0.25, 0.3) is 10.9 Å². The molecule has 170 valence electrons. The summed E-state index contributed by atoms with van der Waals surface area (Å²) in [6.07, 6.45) is 4.93. The molecule has 3 aliphatic carbocycles. The lowest BCUT2D eigenvalue weighted by molar-refractivity contribution is -0.173. The highest BCUT2D eigenvalue weighted by Crippen LogP contribution is 2.69. The van der Waals surface area contributed by atoms with Crippen molar-refractivity contribution in [3.8, 4) is 11.5 Å². The van der Waals surface area contributed by atoms with Crippen molar-refractivity contribution in [2.24, 2.45) is 5.92 Å². The lowest BCUT2D eigenvalue weighted by atomic mass is 9.49. The van der Waals surface area contributed by atoms with Crippen LogP contribution in [-0.4, -0.2) is 46.8 Å². The van der Waals surface area contributed by atoms with Crippen molar-refractivity contribution >= 4 is 10.9 Å². The van der Waals surface area contributed by atoms with Crippen LogP contribution in [0.3, 0.4) is 0 Å². The predicted molar refractivity (Wildman–Crippen MR) is 126 cm³/mol. The summed E-state index contributed by atoms with van der Waals surface area (Å²) < 4.78 is 12.6. The summed E-state index contributed by atoms with van der Waals surface area (Å²) in [5.41, 5.74) is 6.04. The van der Waals surface area contributed by atoms with Gasteiger partial charge in [0, 0.05) is 35.5 Å². The molecule has 2 aromatic carbocycles. The number of piperidine rings is 1. The van der Waals surface area contributed by atoms with Gasteiger partial charge in [0.15, 0.2) is 17.6 Å². The highest BCUT2D eigenvalue weighted by atomic mass is 16.5. The number of rotatable bonds is 3. The summed E-state index contributed by atoms with van der Waals surface area (Å²) >= 11 is 0. The maximum absolute atomic E-state index is 12.9. The van der Waals surface area contributed by atoms with Crippen molar-refractivity contribution < 1.29 is 14.6 Å². The van der Waals surface area contributed by atoms with E-state index in [2.05, 4.69) is 47.1 Å². The second kappa shape index (κ2) is 5.94. The average molecular weight is 443 g/mol. The van der Waals surface area contributed by atoms with Gasteiger partial charge in [-0.2, -0.15) is 0 Å². The van der Waals surface area contributed by atoms with Crippen LogP contribution in [0.4, 0.5) is 0 Å². The number of aromatic amines is 1. The molecule has 1 saturated heterocycles. The molecule has 2 bridgehead atoms. The number of nitrogens with one attached hydrogen (secondary N) is 1. The van der Waals surface area contributed by atoms with Gasteiger partial charge in [0.25, 0.3) is 0 Å². The maximum Gasteiger partial charge on any atom is 0.166 e. The minimum absolute atomic E-state index is 0.119. The first-order chi connectivity index (χ1) is 16.0. The van der Waals surface area contributed by atoms with Gasteiger partial charge in [-0.05, 0) is 73.9 Å². The quantitative estimate of drug-likeness (QED) is 0.639. The number of hydrogen-bond acceptors (Lipinski definition) is 4. The van der Waals surface area contributed by atoms with Gasteiger partial charge in [0.2, 0.25) is 0 Å². The van der Waals surface area contributed by atoms with Gasteiger partial charge in [0.05, 0.1) is 23.8 Å². The zero-order valence-corrected chi connectivity index (χ0v) is 19.3. The number of nitrogens with zero attached hydrogens (tertiary/aromatic N) is 1. The highest BCUT2D eigenvalue weighted by molar-refractivity contribution is 5.87. The summed E-state index contributed by atoms with van der Waals surface area (Å²) in [4.78, 5) is 6.36. The molecule has 3 aromatic rings. The van der Waals surface area contributed by atoms with Crippen LogP contribution in [-0.2, 0) is 18.3 Å². The van der Waals surface area contributed by atoms with Crippen LogP contribution >= 0.6 is 0 Å². The normalized spacial score (nSPS) is 33.5. The van der Waals surface area contributed by atoms with E-state index in [-0.39, 0.29) is 12.1 Å². The van der Waals surface area contributed by atoms with Crippen molar-refractivity contribution in [2.45, 2.75) is 62.2 Å².